The Morgan fingerprint density at radius 2 is 1.79 bits per heavy atom. The van der Waals surface area contributed by atoms with Gasteiger partial charge in [-0.2, -0.15) is 0 Å². The van der Waals surface area contributed by atoms with E-state index in [1.807, 2.05) is 42.5 Å². The van der Waals surface area contributed by atoms with Crippen molar-refractivity contribution in [3.05, 3.63) is 78.3 Å². The average molecular weight is 447 g/mol. The molecular formula is C26H23F2N3O2. The van der Waals surface area contributed by atoms with Gasteiger partial charge in [0, 0.05) is 60.4 Å². The second-order valence-electron chi connectivity index (χ2n) is 8.33. The predicted molar refractivity (Wildman–Crippen MR) is 123 cm³/mol. The van der Waals surface area contributed by atoms with E-state index < -0.39 is 5.92 Å². The van der Waals surface area contributed by atoms with Gasteiger partial charge in [0.15, 0.2) is 0 Å². The van der Waals surface area contributed by atoms with Crippen molar-refractivity contribution in [1.82, 2.24) is 9.88 Å². The fraction of sp³-hybridized carbons (Fsp3) is 0.231. The van der Waals surface area contributed by atoms with Gasteiger partial charge in [0.25, 0.3) is 11.8 Å². The first kappa shape index (κ1) is 21.3. The van der Waals surface area contributed by atoms with E-state index in [2.05, 4.69) is 4.98 Å². The summed E-state index contributed by atoms with van der Waals surface area (Å²) in [6, 6.07) is 17.1. The van der Waals surface area contributed by atoms with E-state index in [4.69, 9.17) is 10.2 Å². The summed E-state index contributed by atoms with van der Waals surface area (Å²) in [6.45, 7) is 0.446. The molecule has 168 valence electrons. The Hall–Kier alpha value is -3.58. The quantitative estimate of drug-likeness (QED) is 0.449. The molecule has 0 bridgehead atoms. The van der Waals surface area contributed by atoms with E-state index in [1.54, 1.807) is 24.5 Å². The number of fused-ring (bicyclic) bond motifs is 1. The van der Waals surface area contributed by atoms with Gasteiger partial charge >= 0.3 is 0 Å². The first-order valence-electron chi connectivity index (χ1n) is 10.9. The van der Waals surface area contributed by atoms with Crippen LogP contribution in [-0.4, -0.2) is 34.8 Å². The van der Waals surface area contributed by atoms with Crippen LogP contribution in [0.3, 0.4) is 0 Å². The number of nitrogens with two attached hydrogens (primary N) is 1. The van der Waals surface area contributed by atoms with Gasteiger partial charge in [0.2, 0.25) is 0 Å². The molecule has 5 rings (SSSR count). The van der Waals surface area contributed by atoms with Crippen molar-refractivity contribution in [2.24, 2.45) is 5.73 Å². The van der Waals surface area contributed by atoms with Crippen LogP contribution in [-0.2, 0) is 6.54 Å². The molecule has 0 spiro atoms. The lowest BCUT2D eigenvalue weighted by molar-refractivity contribution is -0.0494. The number of hydrogen-bond acceptors (Lipinski definition) is 4. The lowest BCUT2D eigenvalue weighted by atomic mass is 9.96. The van der Waals surface area contributed by atoms with Gasteiger partial charge in [-0.15, -0.1) is 0 Å². The number of alkyl halides is 2. The summed E-state index contributed by atoms with van der Waals surface area (Å²) in [7, 11) is 0. The van der Waals surface area contributed by atoms with E-state index in [-0.39, 0.29) is 31.8 Å². The van der Waals surface area contributed by atoms with E-state index in [9.17, 15) is 13.6 Å². The van der Waals surface area contributed by atoms with Crippen molar-refractivity contribution >= 4 is 16.9 Å². The first-order chi connectivity index (χ1) is 15.9. The van der Waals surface area contributed by atoms with Crippen LogP contribution in [0, 0.1) is 0 Å². The van der Waals surface area contributed by atoms with E-state index in [1.165, 1.54) is 4.90 Å². The molecule has 2 aromatic carbocycles. The van der Waals surface area contributed by atoms with Crippen LogP contribution in [0.5, 0.6) is 0 Å². The number of nitrogens with zero attached hydrogens (tertiary/aromatic N) is 2. The Kier molecular flexibility index (Phi) is 5.42. The Bertz CT molecular complexity index is 1290. The number of carbonyl (C=O) groups is 1. The number of pyridine rings is 1. The summed E-state index contributed by atoms with van der Waals surface area (Å²) >= 11 is 0. The smallest absolute Gasteiger partial charge is 0.253 e. The van der Waals surface area contributed by atoms with Crippen molar-refractivity contribution in [1.29, 1.82) is 0 Å². The molecule has 0 atom stereocenters. The molecule has 7 heteroatoms. The number of likely N-dealkylation sites (tertiary alicyclic amines) is 1. The zero-order chi connectivity index (χ0) is 23.0. The van der Waals surface area contributed by atoms with Crippen LogP contribution in [0.15, 0.2) is 71.4 Å². The molecule has 5 nitrogen and oxygen atoms in total. The molecule has 3 heterocycles. The minimum absolute atomic E-state index is 0.0721. The second-order valence-corrected chi connectivity index (χ2v) is 8.33. The molecule has 1 aliphatic heterocycles. The Balaban J connectivity index is 1.47. The maximum atomic E-state index is 13.4. The highest BCUT2D eigenvalue weighted by molar-refractivity contribution is 5.98. The normalized spacial score (nSPS) is 15.7. The summed E-state index contributed by atoms with van der Waals surface area (Å²) in [6.07, 6.45) is 2.93. The van der Waals surface area contributed by atoms with Gasteiger partial charge in [0.05, 0.1) is 6.54 Å². The van der Waals surface area contributed by atoms with Gasteiger partial charge in [-0.3, -0.25) is 9.78 Å². The van der Waals surface area contributed by atoms with Crippen LogP contribution in [0.2, 0.25) is 0 Å². The van der Waals surface area contributed by atoms with Gasteiger partial charge in [-0.25, -0.2) is 8.78 Å². The summed E-state index contributed by atoms with van der Waals surface area (Å²) in [5.74, 6) is -2.20. The second kappa shape index (κ2) is 8.41. The van der Waals surface area contributed by atoms with Crippen LogP contribution in [0.4, 0.5) is 8.78 Å². The van der Waals surface area contributed by atoms with Crippen molar-refractivity contribution in [2.45, 2.75) is 25.3 Å². The van der Waals surface area contributed by atoms with Crippen LogP contribution >= 0.6 is 0 Å². The summed E-state index contributed by atoms with van der Waals surface area (Å²) in [5, 5.41) is 0.932. The molecule has 1 saturated heterocycles. The highest BCUT2D eigenvalue weighted by Crippen LogP contribution is 2.36. The maximum Gasteiger partial charge on any atom is 0.253 e. The van der Waals surface area contributed by atoms with Gasteiger partial charge in [-0.1, -0.05) is 18.2 Å². The number of rotatable bonds is 4. The lowest BCUT2D eigenvalue weighted by Crippen LogP contribution is -2.42. The van der Waals surface area contributed by atoms with Crippen molar-refractivity contribution in [2.75, 3.05) is 13.1 Å². The number of hydrogen-bond donors (Lipinski definition) is 1. The highest BCUT2D eigenvalue weighted by atomic mass is 19.3. The molecule has 4 aromatic rings. The molecule has 1 amide bonds. The summed E-state index contributed by atoms with van der Waals surface area (Å²) < 4.78 is 32.8. The number of carbonyl (C=O) groups excluding carboxylic acids is 1. The number of benzene rings is 2. The first-order valence-corrected chi connectivity index (χ1v) is 10.9. The lowest BCUT2D eigenvalue weighted by Gasteiger charge is -2.31. The molecule has 1 aliphatic rings. The van der Waals surface area contributed by atoms with Crippen molar-refractivity contribution < 1.29 is 18.0 Å². The topological polar surface area (TPSA) is 72.4 Å². The minimum atomic E-state index is -2.68. The molecule has 2 N–H and O–H groups in total. The summed E-state index contributed by atoms with van der Waals surface area (Å²) in [5.41, 5.74) is 10.8. The Morgan fingerprint density at radius 1 is 1.03 bits per heavy atom. The van der Waals surface area contributed by atoms with Crippen LogP contribution < -0.4 is 5.73 Å². The monoisotopic (exact) mass is 447 g/mol. The highest BCUT2D eigenvalue weighted by Gasteiger charge is 2.35. The molecule has 0 aliphatic carbocycles. The number of amides is 1. The van der Waals surface area contributed by atoms with E-state index in [0.29, 0.717) is 17.9 Å². The fourth-order valence-electron chi connectivity index (χ4n) is 4.23. The summed E-state index contributed by atoms with van der Waals surface area (Å²) in [4.78, 5) is 18.5. The maximum absolute atomic E-state index is 13.4. The third kappa shape index (κ3) is 4.24. The van der Waals surface area contributed by atoms with E-state index in [0.717, 1.165) is 33.2 Å². The molecule has 0 saturated carbocycles. The molecule has 2 aromatic heterocycles. The van der Waals surface area contributed by atoms with Gasteiger partial charge in [0.1, 0.15) is 11.3 Å². The molecular weight excluding hydrogens is 424 g/mol. The van der Waals surface area contributed by atoms with Crippen molar-refractivity contribution in [3.63, 3.8) is 0 Å². The predicted octanol–water partition coefficient (Wildman–Crippen LogP) is 5.49. The van der Waals surface area contributed by atoms with Crippen LogP contribution in [0.1, 0.15) is 29.0 Å². The number of halogens is 2. The SMILES string of the molecule is NCc1cc2cc(-c3ccc(C(=O)N4CCC(F)(F)CC4)cc3)cc(-c3cccnc3)c2o1. The van der Waals surface area contributed by atoms with Gasteiger partial charge in [-0.05, 0) is 47.5 Å². The fourth-order valence-corrected chi connectivity index (χ4v) is 4.23. The number of aromatic nitrogens is 1. The average Bonchev–Trinajstić information content (AvgIpc) is 3.27. The molecule has 1 fully saturated rings. The van der Waals surface area contributed by atoms with Crippen molar-refractivity contribution in [3.8, 4) is 22.3 Å². The Morgan fingerprint density at radius 3 is 2.45 bits per heavy atom. The van der Waals surface area contributed by atoms with E-state index >= 15 is 0 Å². The zero-order valence-corrected chi connectivity index (χ0v) is 17.9. The molecule has 0 radical (unpaired) electrons. The molecule has 0 unspecified atom stereocenters. The number of furan rings is 1. The third-order valence-corrected chi connectivity index (χ3v) is 6.09. The zero-order valence-electron chi connectivity index (χ0n) is 17.9. The minimum Gasteiger partial charge on any atom is -0.459 e. The van der Waals surface area contributed by atoms with Crippen LogP contribution in [0.25, 0.3) is 33.2 Å². The number of piperidine rings is 1. The van der Waals surface area contributed by atoms with Gasteiger partial charge < -0.3 is 15.1 Å². The largest absolute Gasteiger partial charge is 0.459 e. The Labute approximate surface area is 189 Å². The molecule has 33 heavy (non-hydrogen) atoms. The standard InChI is InChI=1S/C26H23F2N3O2/c27-26(28)7-10-31(11-8-26)25(32)18-5-3-17(4-6-18)20-12-21-13-22(15-29)33-24(21)23(14-20)19-2-1-9-30-16-19/h1-6,9,12-14,16H,7-8,10-11,15,29H2. The third-order valence-electron chi connectivity index (χ3n) is 6.09.